The molecule has 1 heterocycles. The van der Waals surface area contributed by atoms with Gasteiger partial charge >= 0.3 is 0 Å². The standard InChI is InChI=1S/C10H20N4/c1-4-6-10(12-11)8-7-14(3)13-9(8)5-2/h7,10,12H,4-6,11H2,1-3H3. The highest BCUT2D eigenvalue weighted by Crippen LogP contribution is 2.20. The van der Waals surface area contributed by atoms with Crippen LogP contribution in [-0.2, 0) is 13.5 Å². The van der Waals surface area contributed by atoms with E-state index in [-0.39, 0.29) is 6.04 Å². The highest BCUT2D eigenvalue weighted by molar-refractivity contribution is 5.21. The molecular weight excluding hydrogens is 176 g/mol. The summed E-state index contributed by atoms with van der Waals surface area (Å²) in [5, 5.41) is 4.40. The molecule has 4 nitrogen and oxygen atoms in total. The van der Waals surface area contributed by atoms with Gasteiger partial charge in [0.25, 0.3) is 0 Å². The van der Waals surface area contributed by atoms with Crippen LogP contribution in [0.15, 0.2) is 6.20 Å². The number of hydrogen-bond donors (Lipinski definition) is 2. The van der Waals surface area contributed by atoms with Gasteiger partial charge in [-0.3, -0.25) is 16.0 Å². The van der Waals surface area contributed by atoms with Crippen LogP contribution < -0.4 is 11.3 Å². The van der Waals surface area contributed by atoms with Crippen molar-refractivity contribution in [2.75, 3.05) is 0 Å². The zero-order valence-electron chi connectivity index (χ0n) is 9.25. The van der Waals surface area contributed by atoms with Gasteiger partial charge in [-0.2, -0.15) is 5.10 Å². The zero-order chi connectivity index (χ0) is 10.6. The molecule has 1 atom stereocenters. The fraction of sp³-hybridized carbons (Fsp3) is 0.700. The maximum absolute atomic E-state index is 5.54. The quantitative estimate of drug-likeness (QED) is 0.551. The van der Waals surface area contributed by atoms with Crippen molar-refractivity contribution in [3.05, 3.63) is 17.5 Å². The lowest BCUT2D eigenvalue weighted by molar-refractivity contribution is 0.506. The van der Waals surface area contributed by atoms with E-state index in [1.54, 1.807) is 0 Å². The fourth-order valence-corrected chi connectivity index (χ4v) is 1.74. The summed E-state index contributed by atoms with van der Waals surface area (Å²) in [6.07, 6.45) is 5.18. The lowest BCUT2D eigenvalue weighted by Gasteiger charge is -2.14. The number of nitrogens with two attached hydrogens (primary N) is 1. The number of hydrogen-bond acceptors (Lipinski definition) is 3. The van der Waals surface area contributed by atoms with Gasteiger partial charge in [0.05, 0.1) is 5.69 Å². The van der Waals surface area contributed by atoms with E-state index in [4.69, 9.17) is 5.84 Å². The molecule has 1 aromatic rings. The van der Waals surface area contributed by atoms with E-state index in [1.165, 1.54) is 5.56 Å². The molecule has 0 amide bonds. The number of rotatable bonds is 5. The van der Waals surface area contributed by atoms with Gasteiger partial charge in [0.15, 0.2) is 0 Å². The van der Waals surface area contributed by atoms with Crippen LogP contribution in [-0.4, -0.2) is 9.78 Å². The van der Waals surface area contributed by atoms with Crippen LogP contribution in [0.4, 0.5) is 0 Å². The van der Waals surface area contributed by atoms with E-state index in [0.29, 0.717) is 0 Å². The van der Waals surface area contributed by atoms with E-state index in [1.807, 2.05) is 11.7 Å². The van der Waals surface area contributed by atoms with Gasteiger partial charge in [-0.1, -0.05) is 20.3 Å². The monoisotopic (exact) mass is 196 g/mol. The van der Waals surface area contributed by atoms with Crippen LogP contribution in [0, 0.1) is 0 Å². The number of nitrogens with one attached hydrogen (secondary N) is 1. The molecule has 0 aliphatic rings. The topological polar surface area (TPSA) is 55.9 Å². The molecule has 0 fully saturated rings. The second-order valence-electron chi connectivity index (χ2n) is 3.57. The van der Waals surface area contributed by atoms with Crippen LogP contribution in [0.2, 0.25) is 0 Å². The van der Waals surface area contributed by atoms with E-state index in [9.17, 15) is 0 Å². The van der Waals surface area contributed by atoms with Crippen molar-refractivity contribution >= 4 is 0 Å². The first kappa shape index (κ1) is 11.2. The number of aryl methyl sites for hydroxylation is 2. The average Bonchev–Trinajstić information content (AvgIpc) is 2.55. The first-order chi connectivity index (χ1) is 6.72. The zero-order valence-corrected chi connectivity index (χ0v) is 9.25. The molecular formula is C10H20N4. The molecule has 0 saturated heterocycles. The fourth-order valence-electron chi connectivity index (χ4n) is 1.74. The van der Waals surface area contributed by atoms with Gasteiger partial charge in [-0.05, 0) is 12.8 Å². The predicted molar refractivity (Wildman–Crippen MR) is 57.6 cm³/mol. The van der Waals surface area contributed by atoms with E-state index < -0.39 is 0 Å². The average molecular weight is 196 g/mol. The molecule has 80 valence electrons. The van der Waals surface area contributed by atoms with Gasteiger partial charge in [-0.25, -0.2) is 0 Å². The molecule has 0 aliphatic heterocycles. The molecule has 1 rings (SSSR count). The van der Waals surface area contributed by atoms with Crippen molar-refractivity contribution in [1.82, 2.24) is 15.2 Å². The molecule has 0 aliphatic carbocycles. The first-order valence-electron chi connectivity index (χ1n) is 5.21. The Bertz CT molecular complexity index is 280. The Morgan fingerprint density at radius 1 is 1.57 bits per heavy atom. The van der Waals surface area contributed by atoms with Crippen molar-refractivity contribution in [1.29, 1.82) is 0 Å². The number of nitrogens with zero attached hydrogens (tertiary/aromatic N) is 2. The molecule has 14 heavy (non-hydrogen) atoms. The minimum atomic E-state index is 0.239. The molecule has 1 aromatic heterocycles. The molecule has 0 bridgehead atoms. The Morgan fingerprint density at radius 2 is 2.29 bits per heavy atom. The number of hydrazine groups is 1. The molecule has 4 heteroatoms. The predicted octanol–water partition coefficient (Wildman–Crippen LogP) is 1.29. The smallest absolute Gasteiger partial charge is 0.0670 e. The first-order valence-corrected chi connectivity index (χ1v) is 5.21. The van der Waals surface area contributed by atoms with Gasteiger partial charge in [0, 0.05) is 24.8 Å². The summed E-state index contributed by atoms with van der Waals surface area (Å²) in [5.41, 5.74) is 5.23. The van der Waals surface area contributed by atoms with Crippen molar-refractivity contribution in [2.45, 2.75) is 39.2 Å². The lowest BCUT2D eigenvalue weighted by Crippen LogP contribution is -2.28. The van der Waals surface area contributed by atoms with Crippen molar-refractivity contribution in [3.8, 4) is 0 Å². The summed E-state index contributed by atoms with van der Waals surface area (Å²) in [7, 11) is 1.95. The summed E-state index contributed by atoms with van der Waals surface area (Å²) in [4.78, 5) is 0. The van der Waals surface area contributed by atoms with Crippen LogP contribution in [0.1, 0.15) is 44.0 Å². The summed E-state index contributed by atoms with van der Waals surface area (Å²) < 4.78 is 1.86. The minimum Gasteiger partial charge on any atom is -0.275 e. The van der Waals surface area contributed by atoms with Crippen LogP contribution in [0.5, 0.6) is 0 Å². The summed E-state index contributed by atoms with van der Waals surface area (Å²) in [6.45, 7) is 4.28. The third kappa shape index (κ3) is 2.33. The SMILES string of the molecule is CCCC(NN)c1cn(C)nc1CC. The highest BCUT2D eigenvalue weighted by Gasteiger charge is 2.15. The second kappa shape index (κ2) is 5.12. The van der Waals surface area contributed by atoms with Crippen molar-refractivity contribution in [2.24, 2.45) is 12.9 Å². The Kier molecular flexibility index (Phi) is 4.10. The second-order valence-corrected chi connectivity index (χ2v) is 3.57. The Labute approximate surface area is 85.5 Å². The van der Waals surface area contributed by atoms with Gasteiger partial charge in [0.1, 0.15) is 0 Å². The molecule has 0 aromatic carbocycles. The van der Waals surface area contributed by atoms with Crippen LogP contribution >= 0.6 is 0 Å². The lowest BCUT2D eigenvalue weighted by atomic mass is 10.0. The normalized spacial score (nSPS) is 13.1. The summed E-state index contributed by atoms with van der Waals surface area (Å²) >= 11 is 0. The summed E-state index contributed by atoms with van der Waals surface area (Å²) in [5.74, 6) is 5.54. The Hall–Kier alpha value is -0.870. The van der Waals surface area contributed by atoms with Crippen LogP contribution in [0.3, 0.4) is 0 Å². The van der Waals surface area contributed by atoms with Gasteiger partial charge < -0.3 is 0 Å². The van der Waals surface area contributed by atoms with Crippen LogP contribution in [0.25, 0.3) is 0 Å². The summed E-state index contributed by atoms with van der Waals surface area (Å²) in [6, 6.07) is 0.239. The molecule has 0 spiro atoms. The van der Waals surface area contributed by atoms with Gasteiger partial charge in [0.2, 0.25) is 0 Å². The third-order valence-electron chi connectivity index (χ3n) is 2.43. The van der Waals surface area contributed by atoms with E-state index in [0.717, 1.165) is 25.0 Å². The highest BCUT2D eigenvalue weighted by atomic mass is 15.3. The minimum absolute atomic E-state index is 0.239. The third-order valence-corrected chi connectivity index (χ3v) is 2.43. The van der Waals surface area contributed by atoms with Crippen molar-refractivity contribution in [3.63, 3.8) is 0 Å². The largest absolute Gasteiger partial charge is 0.275 e. The van der Waals surface area contributed by atoms with Gasteiger partial charge in [-0.15, -0.1) is 0 Å². The molecule has 0 saturated carbocycles. The maximum atomic E-state index is 5.54. The van der Waals surface area contributed by atoms with Crippen molar-refractivity contribution < 1.29 is 0 Å². The Balaban J connectivity index is 2.89. The maximum Gasteiger partial charge on any atom is 0.0670 e. The Morgan fingerprint density at radius 3 is 2.79 bits per heavy atom. The molecule has 0 radical (unpaired) electrons. The van der Waals surface area contributed by atoms with E-state index in [2.05, 4.69) is 30.6 Å². The number of aromatic nitrogens is 2. The van der Waals surface area contributed by atoms with E-state index >= 15 is 0 Å². The molecule has 1 unspecified atom stereocenters. The molecule has 3 N–H and O–H groups in total.